The van der Waals surface area contributed by atoms with E-state index < -0.39 is 12.0 Å². The summed E-state index contributed by atoms with van der Waals surface area (Å²) in [4.78, 5) is 15.3. The van der Waals surface area contributed by atoms with Crippen LogP contribution in [0.4, 0.5) is 0 Å². The molecule has 21 heavy (non-hydrogen) atoms. The molecular weight excluding hydrogens is 294 g/mol. The maximum absolute atomic E-state index is 11.0. The smallest absolute Gasteiger partial charge is 0.320 e. The fourth-order valence-corrected chi connectivity index (χ4v) is 2.10. The minimum Gasteiger partial charge on any atom is -0.480 e. The van der Waals surface area contributed by atoms with Crippen LogP contribution in [0.25, 0.3) is 11.5 Å². The lowest BCUT2D eigenvalue weighted by Gasteiger charge is -2.11. The number of halogens is 1. The lowest BCUT2D eigenvalue weighted by molar-refractivity contribution is -0.139. The van der Waals surface area contributed by atoms with E-state index in [1.807, 2.05) is 19.1 Å². The molecule has 0 bridgehead atoms. The molecule has 2 N–H and O–H groups in total. The Morgan fingerprint density at radius 1 is 1.48 bits per heavy atom. The summed E-state index contributed by atoms with van der Waals surface area (Å²) >= 11 is 6.06. The molecule has 0 amide bonds. The van der Waals surface area contributed by atoms with E-state index in [4.69, 9.17) is 21.2 Å². The Morgan fingerprint density at radius 3 is 2.90 bits per heavy atom. The first-order valence-corrected chi connectivity index (χ1v) is 7.03. The van der Waals surface area contributed by atoms with Crippen LogP contribution >= 0.6 is 11.6 Å². The van der Waals surface area contributed by atoms with Crippen LogP contribution in [0.5, 0.6) is 0 Å². The maximum atomic E-state index is 11.0. The number of benzene rings is 1. The normalized spacial score (nSPS) is 12.3. The van der Waals surface area contributed by atoms with Gasteiger partial charge in [-0.3, -0.25) is 10.1 Å². The van der Waals surface area contributed by atoms with Gasteiger partial charge >= 0.3 is 5.97 Å². The fraction of sp³-hybridized carbons (Fsp3) is 0.357. The third kappa shape index (κ3) is 4.03. The Balaban J connectivity index is 2.04. The van der Waals surface area contributed by atoms with E-state index in [0.29, 0.717) is 28.7 Å². The van der Waals surface area contributed by atoms with Gasteiger partial charge in [0.25, 0.3) is 5.89 Å². The third-order valence-electron chi connectivity index (χ3n) is 2.95. The van der Waals surface area contributed by atoms with Crippen molar-refractivity contribution in [2.75, 3.05) is 0 Å². The fourth-order valence-electron chi connectivity index (χ4n) is 1.89. The van der Waals surface area contributed by atoms with Gasteiger partial charge in [0.15, 0.2) is 5.82 Å². The quantitative estimate of drug-likeness (QED) is 0.817. The van der Waals surface area contributed by atoms with Gasteiger partial charge in [-0.25, -0.2) is 0 Å². The first-order valence-electron chi connectivity index (χ1n) is 6.65. The zero-order chi connectivity index (χ0) is 15.2. The van der Waals surface area contributed by atoms with Crippen LogP contribution in [0.15, 0.2) is 28.8 Å². The van der Waals surface area contributed by atoms with Crippen molar-refractivity contribution in [3.05, 3.63) is 35.1 Å². The van der Waals surface area contributed by atoms with E-state index in [1.54, 1.807) is 12.1 Å². The number of aromatic nitrogens is 2. The van der Waals surface area contributed by atoms with Gasteiger partial charge in [-0.1, -0.05) is 42.2 Å². The van der Waals surface area contributed by atoms with E-state index in [1.165, 1.54) is 0 Å². The average molecular weight is 310 g/mol. The zero-order valence-corrected chi connectivity index (χ0v) is 12.3. The van der Waals surface area contributed by atoms with Crippen LogP contribution in [0.1, 0.15) is 25.6 Å². The maximum Gasteiger partial charge on any atom is 0.320 e. The van der Waals surface area contributed by atoms with E-state index >= 15 is 0 Å². The molecule has 1 atom stereocenters. The number of carbonyl (C=O) groups is 1. The number of nitrogens with zero attached hydrogens (tertiary/aromatic N) is 2. The largest absolute Gasteiger partial charge is 0.480 e. The third-order valence-corrected chi connectivity index (χ3v) is 3.28. The standard InChI is InChI=1S/C14H16ClN3O3/c1-2-5-11(14(19)20)16-8-12-17-13(21-18-12)9-6-3-4-7-10(9)15/h3-4,6-7,11,16H,2,5,8H2,1H3,(H,19,20). The van der Waals surface area contributed by atoms with Crippen molar-refractivity contribution in [2.24, 2.45) is 0 Å². The van der Waals surface area contributed by atoms with Crippen molar-refractivity contribution in [3.63, 3.8) is 0 Å². The van der Waals surface area contributed by atoms with Crippen molar-refractivity contribution in [1.82, 2.24) is 15.5 Å². The summed E-state index contributed by atoms with van der Waals surface area (Å²) in [7, 11) is 0. The summed E-state index contributed by atoms with van der Waals surface area (Å²) in [6, 6.07) is 6.54. The second-order valence-corrected chi connectivity index (χ2v) is 4.96. The highest BCUT2D eigenvalue weighted by molar-refractivity contribution is 6.33. The van der Waals surface area contributed by atoms with Crippen LogP contribution < -0.4 is 5.32 Å². The molecule has 0 saturated heterocycles. The van der Waals surface area contributed by atoms with E-state index in [0.717, 1.165) is 6.42 Å². The lowest BCUT2D eigenvalue weighted by Crippen LogP contribution is -2.36. The Kier molecular flexibility index (Phi) is 5.30. The lowest BCUT2D eigenvalue weighted by atomic mass is 10.2. The molecule has 112 valence electrons. The van der Waals surface area contributed by atoms with Crippen molar-refractivity contribution < 1.29 is 14.4 Å². The first kappa shape index (κ1) is 15.5. The number of carboxylic acid groups (broad SMARTS) is 1. The van der Waals surface area contributed by atoms with E-state index in [9.17, 15) is 4.79 Å². The van der Waals surface area contributed by atoms with Crippen molar-refractivity contribution in [3.8, 4) is 11.5 Å². The highest BCUT2D eigenvalue weighted by Gasteiger charge is 2.17. The molecule has 1 unspecified atom stereocenters. The van der Waals surface area contributed by atoms with Gasteiger partial charge in [-0.15, -0.1) is 0 Å². The summed E-state index contributed by atoms with van der Waals surface area (Å²) in [5.74, 6) is -0.168. The monoisotopic (exact) mass is 309 g/mol. The molecule has 0 saturated carbocycles. The van der Waals surface area contributed by atoms with Gasteiger partial charge in [0.05, 0.1) is 17.1 Å². The molecule has 0 radical (unpaired) electrons. The number of hydrogen-bond donors (Lipinski definition) is 2. The van der Waals surface area contributed by atoms with Gasteiger partial charge < -0.3 is 9.63 Å². The second kappa shape index (κ2) is 7.19. The molecule has 0 aliphatic heterocycles. The molecule has 1 aromatic heterocycles. The Morgan fingerprint density at radius 2 is 2.24 bits per heavy atom. The van der Waals surface area contributed by atoms with Gasteiger partial charge in [0.2, 0.25) is 0 Å². The van der Waals surface area contributed by atoms with Gasteiger partial charge in [-0.05, 0) is 18.6 Å². The Hall–Kier alpha value is -1.92. The molecule has 1 aromatic carbocycles. The number of rotatable bonds is 7. The summed E-state index contributed by atoms with van der Waals surface area (Å²) in [6.07, 6.45) is 1.33. The highest BCUT2D eigenvalue weighted by atomic mass is 35.5. The van der Waals surface area contributed by atoms with Crippen LogP contribution in [0, 0.1) is 0 Å². The molecule has 2 rings (SSSR count). The van der Waals surface area contributed by atoms with Crippen molar-refractivity contribution in [1.29, 1.82) is 0 Å². The summed E-state index contributed by atoms with van der Waals surface area (Å²) in [5.41, 5.74) is 0.654. The molecule has 0 spiro atoms. The van der Waals surface area contributed by atoms with E-state index in [2.05, 4.69) is 15.5 Å². The van der Waals surface area contributed by atoms with Crippen LogP contribution in [0.2, 0.25) is 5.02 Å². The molecule has 0 aliphatic carbocycles. The molecule has 6 nitrogen and oxygen atoms in total. The van der Waals surface area contributed by atoms with Crippen LogP contribution in [0.3, 0.4) is 0 Å². The molecule has 2 aromatic rings. The molecule has 1 heterocycles. The molecule has 0 aliphatic rings. The number of aliphatic carboxylic acids is 1. The van der Waals surface area contributed by atoms with Gasteiger partial charge in [0.1, 0.15) is 6.04 Å². The van der Waals surface area contributed by atoms with Crippen LogP contribution in [-0.4, -0.2) is 27.3 Å². The molecular formula is C14H16ClN3O3. The second-order valence-electron chi connectivity index (χ2n) is 4.56. The highest BCUT2D eigenvalue weighted by Crippen LogP contribution is 2.25. The summed E-state index contributed by atoms with van der Waals surface area (Å²) in [6.45, 7) is 2.16. The topological polar surface area (TPSA) is 88.3 Å². The van der Waals surface area contributed by atoms with E-state index in [-0.39, 0.29) is 6.54 Å². The summed E-state index contributed by atoms with van der Waals surface area (Å²) in [5, 5.41) is 16.3. The predicted octanol–water partition coefficient (Wildman–Crippen LogP) is 2.73. The van der Waals surface area contributed by atoms with Crippen molar-refractivity contribution in [2.45, 2.75) is 32.4 Å². The average Bonchev–Trinajstić information content (AvgIpc) is 2.92. The SMILES string of the molecule is CCCC(NCc1noc(-c2ccccc2Cl)n1)C(=O)O. The number of hydrogen-bond acceptors (Lipinski definition) is 5. The van der Waals surface area contributed by atoms with Gasteiger partial charge in [0, 0.05) is 0 Å². The number of nitrogens with one attached hydrogen (secondary N) is 1. The van der Waals surface area contributed by atoms with Crippen LogP contribution in [-0.2, 0) is 11.3 Å². The zero-order valence-electron chi connectivity index (χ0n) is 11.5. The molecule has 7 heteroatoms. The number of carboxylic acids is 1. The summed E-state index contributed by atoms with van der Waals surface area (Å²) < 4.78 is 5.15. The van der Waals surface area contributed by atoms with Gasteiger partial charge in [-0.2, -0.15) is 4.98 Å². The minimum absolute atomic E-state index is 0.227. The minimum atomic E-state index is -0.883. The molecule has 0 fully saturated rings. The van der Waals surface area contributed by atoms with Crippen molar-refractivity contribution >= 4 is 17.6 Å². The Labute approximate surface area is 127 Å². The first-order chi connectivity index (χ1) is 10.1. The predicted molar refractivity (Wildman–Crippen MR) is 77.9 cm³/mol. The Bertz CT molecular complexity index is 615.